The molecule has 1 unspecified atom stereocenters. The first-order valence-electron chi connectivity index (χ1n) is 11.8. The predicted octanol–water partition coefficient (Wildman–Crippen LogP) is 3.94. The van der Waals surface area contributed by atoms with Crippen LogP contribution in [0.1, 0.15) is 56.8 Å². The average molecular weight is 472 g/mol. The van der Waals surface area contributed by atoms with Crippen LogP contribution in [0.25, 0.3) is 11.0 Å². The number of nitrogens with one attached hydrogen (secondary N) is 1. The van der Waals surface area contributed by atoms with Crippen LogP contribution in [-0.4, -0.2) is 63.6 Å². The lowest BCUT2D eigenvalue weighted by molar-refractivity contribution is -0.115. The summed E-state index contributed by atoms with van der Waals surface area (Å²) in [7, 11) is 0. The van der Waals surface area contributed by atoms with E-state index in [2.05, 4.69) is 15.3 Å². The van der Waals surface area contributed by atoms with E-state index in [1.807, 2.05) is 43.7 Å². The molecule has 1 fully saturated rings. The first kappa shape index (κ1) is 24.0. The Morgan fingerprint density at radius 2 is 1.91 bits per heavy atom. The van der Waals surface area contributed by atoms with Gasteiger partial charge in [0.25, 0.3) is 17.7 Å². The Labute approximate surface area is 197 Å². The van der Waals surface area contributed by atoms with E-state index in [4.69, 9.17) is 0 Å². The van der Waals surface area contributed by atoms with Crippen LogP contribution in [0.2, 0.25) is 0 Å². The molecule has 34 heavy (non-hydrogen) atoms. The van der Waals surface area contributed by atoms with Gasteiger partial charge in [-0.1, -0.05) is 19.9 Å². The molecular weight excluding hydrogens is 440 g/mol. The minimum absolute atomic E-state index is 0.0406. The minimum atomic E-state index is -2.70. The number of halogens is 2. The number of nitrogens with zero attached hydrogens (tertiary/aromatic N) is 4. The van der Waals surface area contributed by atoms with Crippen LogP contribution in [-0.2, 0) is 10.3 Å². The van der Waals surface area contributed by atoms with E-state index in [9.17, 15) is 18.4 Å². The third-order valence-corrected chi connectivity index (χ3v) is 6.83. The highest BCUT2D eigenvalue weighted by Crippen LogP contribution is 2.30. The molecule has 4 rings (SSSR count). The summed E-state index contributed by atoms with van der Waals surface area (Å²) in [6, 6.07) is 3.76. The number of fused-ring (bicyclic) bond motifs is 1. The van der Waals surface area contributed by atoms with Crippen molar-refractivity contribution < 1.29 is 18.4 Å². The normalized spacial score (nSPS) is 22.2. The maximum absolute atomic E-state index is 13.4. The molecule has 0 aliphatic carbocycles. The fourth-order valence-electron chi connectivity index (χ4n) is 4.44. The number of pyridine rings is 1. The Balaban J connectivity index is 1.49. The second-order valence-electron chi connectivity index (χ2n) is 9.35. The number of aromatic nitrogens is 2. The number of carbonyl (C=O) groups is 2. The first-order valence-corrected chi connectivity index (χ1v) is 11.8. The molecule has 2 aliphatic heterocycles. The van der Waals surface area contributed by atoms with Gasteiger partial charge in [-0.05, 0) is 38.0 Å². The molecule has 7 nitrogen and oxygen atoms in total. The van der Waals surface area contributed by atoms with Gasteiger partial charge in [-0.15, -0.1) is 0 Å². The van der Waals surface area contributed by atoms with Crippen LogP contribution in [0, 0.1) is 0 Å². The SMILES string of the molecule is CCC(CC)NC(=O)C1=NCC(C)(n2ccc3cc(C(=O)N4CCC(F)(F)CC4)cnc32)C=C1. The summed E-state index contributed by atoms with van der Waals surface area (Å²) >= 11 is 0. The number of dihydropyridines is 1. The van der Waals surface area contributed by atoms with E-state index < -0.39 is 11.5 Å². The highest BCUT2D eigenvalue weighted by molar-refractivity contribution is 6.43. The topological polar surface area (TPSA) is 79.6 Å². The van der Waals surface area contributed by atoms with Gasteiger partial charge < -0.3 is 14.8 Å². The number of hydrogen-bond acceptors (Lipinski definition) is 4. The predicted molar refractivity (Wildman–Crippen MR) is 127 cm³/mol. The zero-order valence-electron chi connectivity index (χ0n) is 19.9. The van der Waals surface area contributed by atoms with Gasteiger partial charge >= 0.3 is 0 Å². The molecule has 2 amide bonds. The zero-order chi connectivity index (χ0) is 24.5. The van der Waals surface area contributed by atoms with Crippen molar-refractivity contribution in [2.45, 2.75) is 64.0 Å². The molecular formula is C25H31F2N5O2. The monoisotopic (exact) mass is 471 g/mol. The smallest absolute Gasteiger partial charge is 0.269 e. The van der Waals surface area contributed by atoms with Gasteiger partial charge in [-0.3, -0.25) is 14.6 Å². The van der Waals surface area contributed by atoms with Gasteiger partial charge in [-0.2, -0.15) is 0 Å². The number of likely N-dealkylation sites (tertiary alicyclic amines) is 1. The van der Waals surface area contributed by atoms with Gasteiger partial charge in [0.1, 0.15) is 11.4 Å². The molecule has 1 saturated heterocycles. The van der Waals surface area contributed by atoms with Crippen molar-refractivity contribution in [1.29, 1.82) is 0 Å². The number of aliphatic imine (C=N–C) groups is 1. The summed E-state index contributed by atoms with van der Waals surface area (Å²) in [6.07, 6.45) is 8.21. The standard InChI is InChI=1S/C25H31F2N5O2/c1-4-19(5-2)30-22(33)20-6-8-24(3,16-29-20)32-11-7-17-14-18(15-28-21(17)32)23(34)31-12-9-25(26,27)10-13-31/h6-8,11,14-15,19H,4-5,9-10,12-13,16H2,1-3H3,(H,30,33). The maximum atomic E-state index is 13.4. The van der Waals surface area contributed by atoms with Crippen molar-refractivity contribution in [3.63, 3.8) is 0 Å². The molecule has 0 aromatic carbocycles. The zero-order valence-corrected chi connectivity index (χ0v) is 19.9. The lowest BCUT2D eigenvalue weighted by atomic mass is 9.97. The van der Waals surface area contributed by atoms with Gasteiger partial charge in [0.15, 0.2) is 0 Å². The number of hydrogen-bond donors (Lipinski definition) is 1. The van der Waals surface area contributed by atoms with Crippen molar-refractivity contribution >= 4 is 28.6 Å². The third kappa shape index (κ3) is 4.74. The Morgan fingerprint density at radius 3 is 2.53 bits per heavy atom. The fraction of sp³-hybridized carbons (Fsp3) is 0.520. The van der Waals surface area contributed by atoms with Crippen molar-refractivity contribution in [2.24, 2.45) is 4.99 Å². The van der Waals surface area contributed by atoms with E-state index in [-0.39, 0.29) is 43.8 Å². The van der Waals surface area contributed by atoms with Crippen LogP contribution in [0.15, 0.2) is 41.7 Å². The number of piperidine rings is 1. The molecule has 2 aromatic rings. The molecule has 2 aliphatic rings. The van der Waals surface area contributed by atoms with E-state index in [0.29, 0.717) is 23.5 Å². The second kappa shape index (κ2) is 9.27. The summed E-state index contributed by atoms with van der Waals surface area (Å²) in [5, 5.41) is 3.79. The molecule has 9 heteroatoms. The first-order chi connectivity index (χ1) is 16.2. The highest BCUT2D eigenvalue weighted by Gasteiger charge is 2.36. The molecule has 0 spiro atoms. The van der Waals surface area contributed by atoms with Crippen LogP contribution in [0.3, 0.4) is 0 Å². The molecule has 4 heterocycles. The highest BCUT2D eigenvalue weighted by atomic mass is 19.3. The Bertz CT molecular complexity index is 1140. The summed E-state index contributed by atoms with van der Waals surface area (Å²) < 4.78 is 28.8. The Kier molecular flexibility index (Phi) is 6.55. The molecule has 1 N–H and O–H groups in total. The molecule has 1 atom stereocenters. The molecule has 0 bridgehead atoms. The number of carbonyl (C=O) groups excluding carboxylic acids is 2. The average Bonchev–Trinajstić information content (AvgIpc) is 3.26. The van der Waals surface area contributed by atoms with Crippen LogP contribution >= 0.6 is 0 Å². The lowest BCUT2D eigenvalue weighted by Crippen LogP contribution is -2.42. The number of rotatable bonds is 6. The van der Waals surface area contributed by atoms with E-state index >= 15 is 0 Å². The van der Waals surface area contributed by atoms with Crippen molar-refractivity contribution in [3.8, 4) is 0 Å². The van der Waals surface area contributed by atoms with Gasteiger partial charge in [0.2, 0.25) is 0 Å². The largest absolute Gasteiger partial charge is 0.348 e. The van der Waals surface area contributed by atoms with Gasteiger partial charge in [-0.25, -0.2) is 13.8 Å². The Morgan fingerprint density at radius 1 is 1.21 bits per heavy atom. The fourth-order valence-corrected chi connectivity index (χ4v) is 4.44. The number of amides is 2. The van der Waals surface area contributed by atoms with E-state index in [1.165, 1.54) is 11.1 Å². The molecule has 2 aromatic heterocycles. The quantitative estimate of drug-likeness (QED) is 0.693. The minimum Gasteiger partial charge on any atom is -0.348 e. The summed E-state index contributed by atoms with van der Waals surface area (Å²) in [5.74, 6) is -3.14. The second-order valence-corrected chi connectivity index (χ2v) is 9.35. The molecule has 182 valence electrons. The van der Waals surface area contributed by atoms with E-state index in [0.717, 1.165) is 18.2 Å². The van der Waals surface area contributed by atoms with Crippen molar-refractivity contribution in [2.75, 3.05) is 19.6 Å². The molecule has 0 radical (unpaired) electrons. The van der Waals surface area contributed by atoms with Crippen molar-refractivity contribution in [3.05, 3.63) is 42.2 Å². The maximum Gasteiger partial charge on any atom is 0.269 e. The summed E-state index contributed by atoms with van der Waals surface area (Å²) in [6.45, 7) is 6.55. The summed E-state index contributed by atoms with van der Waals surface area (Å²) in [4.78, 5) is 35.9. The third-order valence-electron chi connectivity index (χ3n) is 6.83. The summed E-state index contributed by atoms with van der Waals surface area (Å²) in [5.41, 5.74) is 0.971. The molecule has 0 saturated carbocycles. The van der Waals surface area contributed by atoms with Crippen molar-refractivity contribution in [1.82, 2.24) is 19.8 Å². The van der Waals surface area contributed by atoms with E-state index in [1.54, 1.807) is 12.1 Å². The van der Waals surface area contributed by atoms with Gasteiger partial charge in [0, 0.05) is 49.8 Å². The lowest BCUT2D eigenvalue weighted by Gasteiger charge is -2.31. The van der Waals surface area contributed by atoms with Crippen LogP contribution in [0.4, 0.5) is 8.78 Å². The van der Waals surface area contributed by atoms with Crippen LogP contribution < -0.4 is 5.32 Å². The van der Waals surface area contributed by atoms with Gasteiger partial charge in [0.05, 0.1) is 17.6 Å². The van der Waals surface area contributed by atoms with Crippen LogP contribution in [0.5, 0.6) is 0 Å². The Hall–Kier alpha value is -3.10. The number of alkyl halides is 2.